The van der Waals surface area contributed by atoms with Crippen LogP contribution in [0.25, 0.3) is 33.3 Å². The Hall–Kier alpha value is -5.07. The number of benzene rings is 2. The van der Waals surface area contributed by atoms with Crippen LogP contribution in [0.3, 0.4) is 0 Å². The molecule has 0 spiro atoms. The number of nitrogens with two attached hydrogens (primary N) is 2. The Kier molecular flexibility index (Phi) is 29.8. The molecule has 0 aliphatic carbocycles. The van der Waals surface area contributed by atoms with E-state index in [0.29, 0.717) is 23.8 Å². The highest BCUT2D eigenvalue weighted by Crippen LogP contribution is 2.44. The van der Waals surface area contributed by atoms with E-state index >= 15 is 0 Å². The number of hydrogen-bond donors (Lipinski definition) is 2. The summed E-state index contributed by atoms with van der Waals surface area (Å²) in [5.74, 6) is 9.79. The maximum atomic E-state index is 11.0. The zero-order valence-electron chi connectivity index (χ0n) is 49.6. The molecule has 6 rings (SSSR count). The van der Waals surface area contributed by atoms with E-state index < -0.39 is 0 Å². The lowest BCUT2D eigenvalue weighted by atomic mass is 9.80. The van der Waals surface area contributed by atoms with E-state index in [2.05, 4.69) is 175 Å². The van der Waals surface area contributed by atoms with Crippen molar-refractivity contribution in [2.24, 2.45) is 34.9 Å². The summed E-state index contributed by atoms with van der Waals surface area (Å²) in [5, 5.41) is 6.51. The van der Waals surface area contributed by atoms with E-state index in [0.717, 1.165) is 89.7 Å². The molecule has 4 N–H and O–H groups in total. The lowest BCUT2D eigenvalue weighted by Gasteiger charge is -2.31. The van der Waals surface area contributed by atoms with Crippen LogP contribution in [-0.4, -0.2) is 94.8 Å². The molecule has 0 saturated carbocycles. The van der Waals surface area contributed by atoms with Gasteiger partial charge in [-0.3, -0.25) is 26.0 Å². The van der Waals surface area contributed by atoms with Crippen LogP contribution in [0.2, 0.25) is 0 Å². The van der Waals surface area contributed by atoms with Crippen molar-refractivity contribution in [3.63, 3.8) is 0 Å². The number of nitrogens with zero attached hydrogens (tertiary/aromatic N) is 6. The Morgan fingerprint density at radius 1 is 0.973 bits per heavy atom. The molecule has 4 aromatic rings. The molecule has 2 aliphatic rings. The molecule has 2 fully saturated rings. The Balaban J connectivity index is 0.000000633. The number of hydrazine groups is 1. The normalized spacial score (nSPS) is 15.9. The van der Waals surface area contributed by atoms with Gasteiger partial charge in [0, 0.05) is 50.3 Å². The number of aromatic nitrogens is 3. The largest absolute Gasteiger partial charge is 0.375 e. The molecule has 2 saturated heterocycles. The fourth-order valence-corrected chi connectivity index (χ4v) is 10.8. The monoisotopic (exact) mass is 1030 g/mol. The first-order valence-electron chi connectivity index (χ1n) is 28.2. The van der Waals surface area contributed by atoms with Crippen LogP contribution >= 0.6 is 0 Å². The Bertz CT molecular complexity index is 2350. The second kappa shape index (κ2) is 33.9. The van der Waals surface area contributed by atoms with Gasteiger partial charge in [0.25, 0.3) is 0 Å². The number of rotatable bonds is 23. The minimum absolute atomic E-state index is 0.0687. The average Bonchev–Trinajstić information content (AvgIpc) is 4.14. The summed E-state index contributed by atoms with van der Waals surface area (Å²) in [7, 11) is 5.84. The van der Waals surface area contributed by atoms with Crippen molar-refractivity contribution in [1.82, 2.24) is 29.0 Å². The number of unbranched alkanes of at least 4 members (excludes halogenated alkanes) is 2. The summed E-state index contributed by atoms with van der Waals surface area (Å²) in [5.41, 5.74) is 11.6. The lowest BCUT2D eigenvalue weighted by molar-refractivity contribution is -0.125. The molecule has 75 heavy (non-hydrogen) atoms. The number of fused-ring (bicyclic) bond motifs is 1. The highest BCUT2D eigenvalue weighted by Gasteiger charge is 2.32. The molecule has 3 unspecified atom stereocenters. The number of aryl methyl sites for hydroxylation is 2. The summed E-state index contributed by atoms with van der Waals surface area (Å²) in [6.07, 6.45) is 21.0. The minimum Gasteiger partial charge on any atom is -0.375 e. The first-order valence-corrected chi connectivity index (χ1v) is 28.2. The number of allylic oxidation sites excluding steroid dienone is 2. The van der Waals surface area contributed by atoms with Crippen molar-refractivity contribution >= 4 is 23.2 Å². The standard InChI is InChI=1S/C45H64N4O.C9H17NO.C8H13NO.C2H6.H4N2/c1-10-13-26-45(6,7)31-40-39-30-37(36-21-17-20-35(29-36)19-16-14-15-18-33(4)11-2)22-23-42(39)48(12-3)44(40)41-32-46-49(43(41)34(5)50-9)38-24-27-47(8)28-25-38;1-7(2)9(8(3)4)10(5)6-11;1-3-8(10)9-5-4-7(2)6-9;2*1-2/h10-11,17,20-23,29-30,32-34,38H,1-2,12-16,18-19,24-28,31H2,3-9H3;6,8-9H,1H2,2-5H3;3,7H,1,4-6H2,2H3;1-2H3;1-2H2/t;;7-;;/m..0../s1. The molecule has 11 nitrogen and oxygen atoms in total. The van der Waals surface area contributed by atoms with E-state index in [1.807, 2.05) is 32.8 Å². The van der Waals surface area contributed by atoms with Gasteiger partial charge in [-0.15, -0.1) is 13.2 Å². The van der Waals surface area contributed by atoms with Gasteiger partial charge in [-0.25, -0.2) is 0 Å². The highest BCUT2D eigenvalue weighted by molar-refractivity contribution is 5.95. The van der Waals surface area contributed by atoms with Crippen molar-refractivity contribution in [1.29, 1.82) is 0 Å². The molecule has 0 bridgehead atoms. The predicted molar refractivity (Wildman–Crippen MR) is 321 cm³/mol. The molecule has 2 aromatic heterocycles. The van der Waals surface area contributed by atoms with Crippen molar-refractivity contribution in [3.8, 4) is 22.4 Å². The Morgan fingerprint density at radius 2 is 1.64 bits per heavy atom. The van der Waals surface area contributed by atoms with Crippen LogP contribution in [0.15, 0.2) is 98.8 Å². The molecule has 0 radical (unpaired) electrons. The van der Waals surface area contributed by atoms with E-state index in [1.54, 1.807) is 11.9 Å². The van der Waals surface area contributed by atoms with Gasteiger partial charge in [-0.05, 0) is 162 Å². The number of likely N-dealkylation sites (tertiary alicyclic amines) is 2. The fourth-order valence-electron chi connectivity index (χ4n) is 10.8. The summed E-state index contributed by atoms with van der Waals surface area (Å²) < 4.78 is 11.0. The fraction of sp³-hybridized carbons (Fsp3) is 0.578. The predicted octanol–water partition coefficient (Wildman–Crippen LogP) is 14.2. The molecule has 418 valence electrons. The minimum atomic E-state index is -0.0687. The van der Waals surface area contributed by atoms with Gasteiger partial charge in [0.05, 0.1) is 35.8 Å². The number of amides is 2. The first kappa shape index (κ1) is 66.0. The number of likely N-dealkylation sites (N-methyl/N-ethyl adjacent to an activating group) is 1. The molecular weight excluding hydrogens is 929 g/mol. The van der Waals surface area contributed by atoms with Gasteiger partial charge < -0.3 is 24.0 Å². The Labute approximate surface area is 456 Å². The van der Waals surface area contributed by atoms with Gasteiger partial charge in [0.2, 0.25) is 12.3 Å². The van der Waals surface area contributed by atoms with Crippen LogP contribution < -0.4 is 11.7 Å². The van der Waals surface area contributed by atoms with Gasteiger partial charge in [0.1, 0.15) is 0 Å². The van der Waals surface area contributed by atoms with Crippen LogP contribution in [0.5, 0.6) is 0 Å². The molecule has 2 aliphatic heterocycles. The zero-order valence-corrected chi connectivity index (χ0v) is 49.6. The average molecular weight is 1030 g/mol. The lowest BCUT2D eigenvalue weighted by Crippen LogP contribution is -2.35. The highest BCUT2D eigenvalue weighted by atomic mass is 16.5. The second-order valence-electron chi connectivity index (χ2n) is 22.0. The third kappa shape index (κ3) is 19.5. The van der Waals surface area contributed by atoms with Crippen molar-refractivity contribution in [2.75, 3.05) is 47.4 Å². The summed E-state index contributed by atoms with van der Waals surface area (Å²) >= 11 is 0. The smallest absolute Gasteiger partial charge is 0.245 e. The molecular formula is C64H104N8O3. The topological polar surface area (TPSA) is 128 Å². The van der Waals surface area contributed by atoms with Gasteiger partial charge >= 0.3 is 0 Å². The van der Waals surface area contributed by atoms with Crippen molar-refractivity contribution in [2.45, 2.75) is 172 Å². The number of methoxy groups -OCH3 is 1. The zero-order chi connectivity index (χ0) is 56.4. The van der Waals surface area contributed by atoms with E-state index in [4.69, 9.17) is 9.84 Å². The number of carbonyl (C=O) groups is 2. The molecule has 2 amide bonds. The molecule has 4 atom stereocenters. The van der Waals surface area contributed by atoms with E-state index in [9.17, 15) is 9.59 Å². The van der Waals surface area contributed by atoms with E-state index in [1.165, 1.54) is 81.9 Å². The maximum absolute atomic E-state index is 11.0. The van der Waals surface area contributed by atoms with Gasteiger partial charge in [-0.1, -0.05) is 129 Å². The van der Waals surface area contributed by atoms with Crippen molar-refractivity contribution < 1.29 is 14.3 Å². The molecule has 4 heterocycles. The quantitative estimate of drug-likeness (QED) is 0.0189. The summed E-state index contributed by atoms with van der Waals surface area (Å²) in [4.78, 5) is 27.3. The third-order valence-electron chi connectivity index (χ3n) is 15.0. The van der Waals surface area contributed by atoms with Gasteiger partial charge in [0.15, 0.2) is 0 Å². The van der Waals surface area contributed by atoms with Gasteiger partial charge in [-0.2, -0.15) is 5.10 Å². The Morgan fingerprint density at radius 3 is 2.17 bits per heavy atom. The van der Waals surface area contributed by atoms with Crippen LogP contribution in [0, 0.1) is 23.2 Å². The van der Waals surface area contributed by atoms with Crippen LogP contribution in [0.4, 0.5) is 0 Å². The van der Waals surface area contributed by atoms with Crippen LogP contribution in [-0.2, 0) is 33.7 Å². The molecule has 2 aromatic carbocycles. The second-order valence-corrected chi connectivity index (χ2v) is 22.0. The first-order chi connectivity index (χ1) is 35.8. The SMILES string of the molecule is C=C(C)C(C(C)C)N(C)C=O.C=CC(=O)N1CC[C@H](C)C1.C=CCCC(C)(C)Cc1c(-c2cnn(C3CCN(C)CC3)c2C(C)OC)n(CC)c2ccc(-c3cccc(CCCCCC(C)C=C)c3)cc12.CC.NN. The molecule has 11 heteroatoms. The number of piperidine rings is 1. The van der Waals surface area contributed by atoms with Crippen molar-refractivity contribution in [3.05, 3.63) is 116 Å². The summed E-state index contributed by atoms with van der Waals surface area (Å²) in [6.45, 7) is 44.0. The number of ether oxygens (including phenoxy) is 1. The maximum Gasteiger partial charge on any atom is 0.245 e. The number of hydrogen-bond acceptors (Lipinski definition) is 7. The van der Waals surface area contributed by atoms with Crippen LogP contribution in [0.1, 0.15) is 163 Å². The van der Waals surface area contributed by atoms with E-state index in [-0.39, 0.29) is 23.5 Å². The third-order valence-corrected chi connectivity index (χ3v) is 15.0. The summed E-state index contributed by atoms with van der Waals surface area (Å²) in [6, 6.07) is 17.0. The number of carbonyl (C=O) groups excluding carboxylic acids is 2.